The number of halogens is 1. The fourth-order valence-corrected chi connectivity index (χ4v) is 2.43. The number of hydrazine groups is 1. The van der Waals surface area contributed by atoms with Gasteiger partial charge in [0, 0.05) is 24.9 Å². The first-order chi connectivity index (χ1) is 8.84. The van der Waals surface area contributed by atoms with Crippen molar-refractivity contribution in [2.45, 2.75) is 12.0 Å². The quantitative estimate of drug-likeness (QED) is 0.848. The van der Waals surface area contributed by atoms with Gasteiger partial charge >= 0.3 is 0 Å². The molecule has 1 aromatic carbocycles. The molecule has 1 fully saturated rings. The molecule has 1 aromatic heterocycles. The Morgan fingerprint density at radius 2 is 1.94 bits per heavy atom. The highest BCUT2D eigenvalue weighted by Crippen LogP contribution is 2.32. The minimum atomic E-state index is -0.199. The van der Waals surface area contributed by atoms with Crippen LogP contribution < -0.4 is 10.9 Å². The number of benzene rings is 1. The van der Waals surface area contributed by atoms with Crippen molar-refractivity contribution in [1.82, 2.24) is 15.8 Å². The van der Waals surface area contributed by atoms with Crippen molar-refractivity contribution in [1.29, 1.82) is 0 Å². The summed E-state index contributed by atoms with van der Waals surface area (Å²) in [6.45, 7) is 0.825. The van der Waals surface area contributed by atoms with E-state index < -0.39 is 0 Å². The first-order valence-corrected chi connectivity index (χ1v) is 5.98. The summed E-state index contributed by atoms with van der Waals surface area (Å²) in [5, 5.41) is 0. The average Bonchev–Trinajstić information content (AvgIpc) is 2.89. The molecular weight excluding hydrogens is 229 g/mol. The Kier molecular flexibility index (Phi) is 3.04. The highest BCUT2D eigenvalue weighted by Gasteiger charge is 2.29. The van der Waals surface area contributed by atoms with Gasteiger partial charge in [-0.3, -0.25) is 10.4 Å². The molecule has 3 rings (SSSR count). The van der Waals surface area contributed by atoms with Crippen LogP contribution in [-0.2, 0) is 0 Å². The molecule has 2 atom stereocenters. The first kappa shape index (κ1) is 11.3. The Balaban J connectivity index is 1.92. The molecule has 2 N–H and O–H groups in total. The Bertz CT molecular complexity index is 530. The molecule has 92 valence electrons. The zero-order chi connectivity index (χ0) is 12.4. The van der Waals surface area contributed by atoms with Crippen LogP contribution in [0.5, 0.6) is 0 Å². The minimum absolute atomic E-state index is 0.0862. The summed E-state index contributed by atoms with van der Waals surface area (Å²) in [7, 11) is 0. The topological polar surface area (TPSA) is 37.0 Å². The lowest BCUT2D eigenvalue weighted by atomic mass is 9.89. The predicted molar refractivity (Wildman–Crippen MR) is 67.3 cm³/mol. The summed E-state index contributed by atoms with van der Waals surface area (Å²) >= 11 is 0. The van der Waals surface area contributed by atoms with Gasteiger partial charge in [-0.1, -0.05) is 12.1 Å². The van der Waals surface area contributed by atoms with Gasteiger partial charge in [-0.05, 0) is 35.4 Å². The van der Waals surface area contributed by atoms with Gasteiger partial charge in [0.2, 0.25) is 0 Å². The van der Waals surface area contributed by atoms with Crippen LogP contribution in [0.25, 0.3) is 0 Å². The Labute approximate surface area is 105 Å². The zero-order valence-corrected chi connectivity index (χ0v) is 9.81. The summed E-state index contributed by atoms with van der Waals surface area (Å²) in [6, 6.07) is 10.8. The molecule has 4 heteroatoms. The summed E-state index contributed by atoms with van der Waals surface area (Å²) in [4.78, 5) is 4.03. The molecule has 1 aliphatic rings. The molecule has 0 amide bonds. The van der Waals surface area contributed by atoms with Crippen molar-refractivity contribution in [2.24, 2.45) is 0 Å². The van der Waals surface area contributed by atoms with E-state index in [2.05, 4.69) is 15.8 Å². The number of hydrogen-bond acceptors (Lipinski definition) is 3. The molecule has 2 aromatic rings. The van der Waals surface area contributed by atoms with Crippen LogP contribution in [0.4, 0.5) is 4.39 Å². The number of hydrogen-bond donors (Lipinski definition) is 2. The van der Waals surface area contributed by atoms with Crippen molar-refractivity contribution in [3.05, 3.63) is 65.7 Å². The van der Waals surface area contributed by atoms with Crippen LogP contribution in [0.15, 0.2) is 48.8 Å². The van der Waals surface area contributed by atoms with E-state index in [1.54, 1.807) is 24.5 Å². The van der Waals surface area contributed by atoms with Crippen molar-refractivity contribution in [3.63, 3.8) is 0 Å². The van der Waals surface area contributed by atoms with Gasteiger partial charge < -0.3 is 0 Å². The fraction of sp³-hybridized carbons (Fsp3) is 0.214. The molecule has 1 aliphatic heterocycles. The van der Waals surface area contributed by atoms with Crippen LogP contribution >= 0.6 is 0 Å². The van der Waals surface area contributed by atoms with Crippen LogP contribution in [-0.4, -0.2) is 11.5 Å². The molecule has 3 nitrogen and oxygen atoms in total. The van der Waals surface area contributed by atoms with E-state index in [1.807, 2.05) is 18.2 Å². The zero-order valence-electron chi connectivity index (χ0n) is 9.81. The molecule has 2 unspecified atom stereocenters. The van der Waals surface area contributed by atoms with Crippen LogP contribution in [0, 0.1) is 5.82 Å². The maximum absolute atomic E-state index is 13.3. The van der Waals surface area contributed by atoms with E-state index in [-0.39, 0.29) is 17.8 Å². The molecule has 0 saturated carbocycles. The third kappa shape index (κ3) is 2.12. The van der Waals surface area contributed by atoms with Gasteiger partial charge in [-0.15, -0.1) is 0 Å². The van der Waals surface area contributed by atoms with Gasteiger partial charge in [-0.2, -0.15) is 0 Å². The van der Waals surface area contributed by atoms with E-state index in [0.717, 1.165) is 12.1 Å². The number of pyridine rings is 1. The van der Waals surface area contributed by atoms with E-state index in [1.165, 1.54) is 11.6 Å². The third-order valence-electron chi connectivity index (χ3n) is 3.32. The maximum Gasteiger partial charge on any atom is 0.123 e. The van der Waals surface area contributed by atoms with Gasteiger partial charge in [0.05, 0.1) is 6.04 Å². The van der Waals surface area contributed by atoms with E-state index >= 15 is 0 Å². The van der Waals surface area contributed by atoms with Crippen LogP contribution in [0.2, 0.25) is 0 Å². The largest absolute Gasteiger partial charge is 0.265 e. The second-order valence-electron chi connectivity index (χ2n) is 4.44. The molecule has 18 heavy (non-hydrogen) atoms. The van der Waals surface area contributed by atoms with Crippen molar-refractivity contribution in [2.75, 3.05) is 6.54 Å². The lowest BCUT2D eigenvalue weighted by Gasteiger charge is -2.19. The van der Waals surface area contributed by atoms with E-state index in [0.29, 0.717) is 0 Å². The Hall–Kier alpha value is -1.78. The molecule has 0 spiro atoms. The second-order valence-corrected chi connectivity index (χ2v) is 4.44. The maximum atomic E-state index is 13.3. The monoisotopic (exact) mass is 243 g/mol. The van der Waals surface area contributed by atoms with E-state index in [9.17, 15) is 4.39 Å². The number of aromatic nitrogens is 1. The van der Waals surface area contributed by atoms with Crippen molar-refractivity contribution >= 4 is 0 Å². The summed E-state index contributed by atoms with van der Waals surface area (Å²) < 4.78 is 13.3. The number of nitrogens with zero attached hydrogens (tertiary/aromatic N) is 1. The standard InChI is InChI=1S/C14H14FN3/c15-12-3-1-2-11(8-12)14-13(9-17-18-14)10-4-6-16-7-5-10/h1-8,13-14,17-18H,9H2. The third-order valence-corrected chi connectivity index (χ3v) is 3.32. The molecule has 0 bridgehead atoms. The fourth-order valence-electron chi connectivity index (χ4n) is 2.43. The van der Waals surface area contributed by atoms with Crippen LogP contribution in [0.3, 0.4) is 0 Å². The highest BCUT2D eigenvalue weighted by atomic mass is 19.1. The molecule has 0 radical (unpaired) electrons. The SMILES string of the molecule is Fc1cccc(C2NNCC2c2ccncc2)c1. The Morgan fingerprint density at radius 1 is 1.11 bits per heavy atom. The molecule has 0 aliphatic carbocycles. The van der Waals surface area contributed by atoms with Crippen LogP contribution in [0.1, 0.15) is 23.1 Å². The lowest BCUT2D eigenvalue weighted by molar-refractivity contribution is 0.546. The molecular formula is C14H14FN3. The first-order valence-electron chi connectivity index (χ1n) is 5.98. The highest BCUT2D eigenvalue weighted by molar-refractivity contribution is 5.29. The van der Waals surface area contributed by atoms with Gasteiger partial charge in [0.25, 0.3) is 0 Å². The summed E-state index contributed by atoms with van der Waals surface area (Å²) in [5.74, 6) is 0.0875. The Morgan fingerprint density at radius 3 is 2.72 bits per heavy atom. The predicted octanol–water partition coefficient (Wildman–Crippen LogP) is 2.15. The average molecular weight is 243 g/mol. The van der Waals surface area contributed by atoms with Gasteiger partial charge in [0.15, 0.2) is 0 Å². The summed E-state index contributed by atoms with van der Waals surface area (Å²) in [5.41, 5.74) is 8.52. The van der Waals surface area contributed by atoms with Gasteiger partial charge in [-0.25, -0.2) is 9.82 Å². The smallest absolute Gasteiger partial charge is 0.123 e. The number of rotatable bonds is 2. The summed E-state index contributed by atoms with van der Waals surface area (Å²) in [6.07, 6.45) is 3.58. The second kappa shape index (κ2) is 4.84. The van der Waals surface area contributed by atoms with Gasteiger partial charge in [0.1, 0.15) is 5.82 Å². The molecule has 2 heterocycles. The van der Waals surface area contributed by atoms with Crippen molar-refractivity contribution in [3.8, 4) is 0 Å². The normalized spacial score (nSPS) is 23.2. The molecule has 1 saturated heterocycles. The van der Waals surface area contributed by atoms with Crippen molar-refractivity contribution < 1.29 is 4.39 Å². The lowest BCUT2D eigenvalue weighted by Crippen LogP contribution is -2.24. The van der Waals surface area contributed by atoms with E-state index in [4.69, 9.17) is 0 Å². The number of nitrogens with one attached hydrogen (secondary N) is 2. The minimum Gasteiger partial charge on any atom is -0.265 e.